The van der Waals surface area contributed by atoms with Crippen molar-refractivity contribution in [3.63, 3.8) is 0 Å². The van der Waals surface area contributed by atoms with E-state index in [1.54, 1.807) is 0 Å². The molecule has 0 rings (SSSR count). The van der Waals surface area contributed by atoms with Gasteiger partial charge in [-0.1, -0.05) is 407 Å². The van der Waals surface area contributed by atoms with Crippen LogP contribution < -0.4 is 0 Å². The van der Waals surface area contributed by atoms with Gasteiger partial charge < -0.3 is 33.8 Å². The quantitative estimate of drug-likeness (QED) is 0.0222. The molecule has 0 aliphatic carbocycles. The van der Waals surface area contributed by atoms with E-state index in [1.807, 2.05) is 0 Å². The van der Waals surface area contributed by atoms with Gasteiger partial charge in [0, 0.05) is 25.7 Å². The van der Waals surface area contributed by atoms with E-state index in [4.69, 9.17) is 37.0 Å². The highest BCUT2D eigenvalue weighted by molar-refractivity contribution is 7.47. The summed E-state index contributed by atoms with van der Waals surface area (Å²) in [6.07, 6.45) is 70.8. The molecule has 5 atom stereocenters. The van der Waals surface area contributed by atoms with Gasteiger partial charge >= 0.3 is 39.5 Å². The summed E-state index contributed by atoms with van der Waals surface area (Å²) in [5, 5.41) is 10.7. The molecule has 19 heteroatoms. The van der Waals surface area contributed by atoms with Crippen molar-refractivity contribution in [2.75, 3.05) is 39.6 Å². The molecule has 0 saturated carbocycles. The maximum Gasteiger partial charge on any atom is 0.472 e. The Kier molecular flexibility index (Phi) is 76.3. The molecule has 618 valence electrons. The number of phosphoric acid groups is 2. The summed E-state index contributed by atoms with van der Waals surface area (Å²) in [5.74, 6) is -1.36. The molecule has 0 bridgehead atoms. The molecular weight excluding hydrogens is 1350 g/mol. The predicted octanol–water partition coefficient (Wildman–Crippen LogP) is 26.0. The highest BCUT2D eigenvalue weighted by atomic mass is 31.2. The van der Waals surface area contributed by atoms with Gasteiger partial charge in [-0.2, -0.15) is 0 Å². The number of esters is 4. The highest BCUT2D eigenvalue weighted by Gasteiger charge is 2.30. The number of hydrogen-bond acceptors (Lipinski definition) is 15. The summed E-state index contributed by atoms with van der Waals surface area (Å²) >= 11 is 0. The summed E-state index contributed by atoms with van der Waals surface area (Å²) in [4.78, 5) is 73.2. The van der Waals surface area contributed by atoms with Gasteiger partial charge in [-0.25, -0.2) is 9.13 Å². The summed E-state index contributed by atoms with van der Waals surface area (Å²) in [7, 11) is -9.93. The molecule has 0 heterocycles. The second-order valence-corrected chi connectivity index (χ2v) is 34.0. The van der Waals surface area contributed by atoms with Crippen molar-refractivity contribution < 1.29 is 80.2 Å². The van der Waals surface area contributed by atoms with Crippen LogP contribution in [0.25, 0.3) is 0 Å². The van der Waals surface area contributed by atoms with E-state index in [-0.39, 0.29) is 25.7 Å². The second-order valence-electron chi connectivity index (χ2n) is 31.1. The summed E-state index contributed by atoms with van der Waals surface area (Å²) in [6.45, 7) is 7.34. The smallest absolute Gasteiger partial charge is 0.462 e. The fraction of sp³-hybridized carbons (Fsp3) is 0.953. The topological polar surface area (TPSA) is 237 Å². The van der Waals surface area contributed by atoms with E-state index in [1.165, 1.54) is 283 Å². The molecule has 0 aliphatic rings. The molecule has 104 heavy (non-hydrogen) atoms. The molecule has 3 N–H and O–H groups in total. The molecule has 0 aromatic carbocycles. The van der Waals surface area contributed by atoms with Crippen LogP contribution in [0.5, 0.6) is 0 Å². The molecular formula is C85H166O17P2. The molecule has 0 aromatic rings. The lowest BCUT2D eigenvalue weighted by Gasteiger charge is -2.21. The Labute approximate surface area is 638 Å². The lowest BCUT2D eigenvalue weighted by Crippen LogP contribution is -2.30. The third-order valence-corrected chi connectivity index (χ3v) is 21.9. The molecule has 0 saturated heterocycles. The lowest BCUT2D eigenvalue weighted by atomic mass is 10.0. The minimum Gasteiger partial charge on any atom is -0.462 e. The first-order valence-electron chi connectivity index (χ1n) is 44.1. The number of aliphatic hydroxyl groups excluding tert-OH is 1. The van der Waals surface area contributed by atoms with Gasteiger partial charge in [0.2, 0.25) is 0 Å². The first-order valence-corrected chi connectivity index (χ1v) is 47.1. The van der Waals surface area contributed by atoms with E-state index in [0.717, 1.165) is 95.8 Å². The Morgan fingerprint density at radius 3 is 0.654 bits per heavy atom. The molecule has 0 fully saturated rings. The number of rotatable bonds is 85. The van der Waals surface area contributed by atoms with Gasteiger partial charge in [-0.05, 0) is 31.6 Å². The summed E-state index contributed by atoms with van der Waals surface area (Å²) in [6, 6.07) is 0. The van der Waals surface area contributed by atoms with Crippen LogP contribution in [-0.2, 0) is 65.4 Å². The van der Waals surface area contributed by atoms with Gasteiger partial charge in [0.1, 0.15) is 19.3 Å². The van der Waals surface area contributed by atoms with Crippen molar-refractivity contribution >= 4 is 39.5 Å². The van der Waals surface area contributed by atoms with Gasteiger partial charge in [0.25, 0.3) is 0 Å². The third kappa shape index (κ3) is 78.2. The number of aliphatic hydroxyl groups is 1. The predicted molar refractivity (Wildman–Crippen MR) is 428 cm³/mol. The largest absolute Gasteiger partial charge is 0.472 e. The minimum atomic E-state index is -4.96. The Balaban J connectivity index is 5.24. The van der Waals surface area contributed by atoms with Crippen LogP contribution in [0.15, 0.2) is 0 Å². The Hall–Kier alpha value is -1.94. The summed E-state index contributed by atoms with van der Waals surface area (Å²) in [5.41, 5.74) is 0. The Bertz CT molecular complexity index is 1980. The van der Waals surface area contributed by atoms with E-state index >= 15 is 0 Å². The second kappa shape index (κ2) is 77.8. The maximum absolute atomic E-state index is 13.1. The average Bonchev–Trinajstić information content (AvgIpc) is 0.926. The molecule has 0 amide bonds. The third-order valence-electron chi connectivity index (χ3n) is 20.0. The fourth-order valence-corrected chi connectivity index (χ4v) is 14.9. The van der Waals surface area contributed by atoms with Crippen molar-refractivity contribution in [1.82, 2.24) is 0 Å². The molecule has 0 aromatic heterocycles. The van der Waals surface area contributed by atoms with Crippen molar-refractivity contribution in [2.24, 2.45) is 5.92 Å². The van der Waals surface area contributed by atoms with Crippen LogP contribution >= 0.6 is 15.6 Å². The Morgan fingerprint density at radius 1 is 0.260 bits per heavy atom. The monoisotopic (exact) mass is 1520 g/mol. The van der Waals surface area contributed by atoms with Crippen molar-refractivity contribution in [2.45, 2.75) is 477 Å². The van der Waals surface area contributed by atoms with Gasteiger partial charge in [-0.15, -0.1) is 0 Å². The van der Waals surface area contributed by atoms with Gasteiger partial charge in [-0.3, -0.25) is 37.3 Å². The first kappa shape index (κ1) is 102. The minimum absolute atomic E-state index is 0.108. The summed E-state index contributed by atoms with van der Waals surface area (Å²) < 4.78 is 68.9. The number of unbranched alkanes of at least 4 members (excludes halogenated alkanes) is 57. The molecule has 0 spiro atoms. The first-order chi connectivity index (χ1) is 50.5. The number of carbonyl (C=O) groups excluding carboxylic acids is 4. The Morgan fingerprint density at radius 2 is 0.442 bits per heavy atom. The van der Waals surface area contributed by atoms with E-state index < -0.39 is 97.5 Å². The molecule has 17 nitrogen and oxygen atoms in total. The van der Waals surface area contributed by atoms with E-state index in [2.05, 4.69) is 34.6 Å². The number of carbonyl (C=O) groups is 4. The average molecular weight is 1520 g/mol. The standard InChI is InChI=1S/C85H166O17P2/c1-6-9-12-15-18-21-24-27-30-32-33-34-35-37-39-42-45-50-56-61-66-71-85(90)101-80(74-95-82(87)68-63-58-53-48-43-41-38-36-31-28-25-22-19-16-13-10-7-2)76-99-103(91,92)97-72-79(86)73-98-104(93,94)100-77-81(75-96-83(88)69-64-59-54-51-46-47-52-57-62-67-78(4)5)102-84(89)70-65-60-55-49-44-40-29-26-23-20-17-14-11-8-3/h78-81,86H,6-77H2,1-5H3,(H,91,92)(H,93,94)/t79-,80-,81-/m1/s1. The zero-order valence-corrected chi connectivity index (χ0v) is 70.0. The maximum atomic E-state index is 13.1. The SMILES string of the molecule is CCCCCCCCCCCCCCCCCCCCCCCC(=O)O[C@H](COC(=O)CCCCCCCCCCCCCCCCCCC)COP(=O)(O)OC[C@@H](O)COP(=O)(O)OC[C@@H](COC(=O)CCCCCCCCCCCC(C)C)OC(=O)CCCCCCCCCCCCCCCC. The molecule has 2 unspecified atom stereocenters. The number of ether oxygens (including phenoxy) is 4. The number of phosphoric ester groups is 2. The van der Waals surface area contributed by atoms with Gasteiger partial charge in [0.15, 0.2) is 12.2 Å². The van der Waals surface area contributed by atoms with E-state index in [0.29, 0.717) is 25.7 Å². The lowest BCUT2D eigenvalue weighted by molar-refractivity contribution is -0.161. The van der Waals surface area contributed by atoms with E-state index in [9.17, 15) is 43.2 Å². The zero-order valence-electron chi connectivity index (χ0n) is 68.2. The fourth-order valence-electron chi connectivity index (χ4n) is 13.3. The van der Waals surface area contributed by atoms with Crippen LogP contribution in [0.3, 0.4) is 0 Å². The van der Waals surface area contributed by atoms with Crippen LogP contribution in [0.1, 0.15) is 458 Å². The van der Waals surface area contributed by atoms with Crippen LogP contribution in [0, 0.1) is 5.92 Å². The van der Waals surface area contributed by atoms with Crippen molar-refractivity contribution in [3.05, 3.63) is 0 Å². The van der Waals surface area contributed by atoms with Crippen molar-refractivity contribution in [1.29, 1.82) is 0 Å². The normalized spacial score (nSPS) is 13.8. The molecule has 0 aliphatic heterocycles. The van der Waals surface area contributed by atoms with Crippen LogP contribution in [-0.4, -0.2) is 96.7 Å². The molecule has 0 radical (unpaired) electrons. The highest BCUT2D eigenvalue weighted by Crippen LogP contribution is 2.45. The van der Waals surface area contributed by atoms with Gasteiger partial charge in [0.05, 0.1) is 26.4 Å². The zero-order chi connectivity index (χ0) is 76.2. The van der Waals surface area contributed by atoms with Crippen LogP contribution in [0.4, 0.5) is 0 Å². The van der Waals surface area contributed by atoms with Crippen molar-refractivity contribution in [3.8, 4) is 0 Å². The van der Waals surface area contributed by atoms with Crippen LogP contribution in [0.2, 0.25) is 0 Å². The number of hydrogen-bond donors (Lipinski definition) is 3.